The van der Waals surface area contributed by atoms with Gasteiger partial charge in [-0.15, -0.1) is 0 Å². The number of aromatic nitrogens is 1. The Kier molecular flexibility index (Phi) is 6.82. The summed E-state index contributed by atoms with van der Waals surface area (Å²) in [4.78, 5) is 13.9. The lowest BCUT2D eigenvalue weighted by atomic mass is 10.1. The van der Waals surface area contributed by atoms with E-state index in [-0.39, 0.29) is 5.78 Å². The number of nitrogens with zero attached hydrogens (tertiary/aromatic N) is 1. The van der Waals surface area contributed by atoms with Crippen molar-refractivity contribution in [1.82, 2.24) is 4.57 Å². The number of aliphatic hydroxyl groups excluding tert-OH is 1. The Morgan fingerprint density at radius 3 is 2.68 bits per heavy atom. The van der Waals surface area contributed by atoms with Crippen molar-refractivity contribution in [2.24, 2.45) is 0 Å². The number of quaternary nitrogens is 1. The Bertz CT molecular complexity index is 1050. The zero-order chi connectivity index (χ0) is 21.6. The van der Waals surface area contributed by atoms with Crippen molar-refractivity contribution in [2.75, 3.05) is 40.0 Å². The van der Waals surface area contributed by atoms with Crippen LogP contribution in [0, 0.1) is 0 Å². The summed E-state index contributed by atoms with van der Waals surface area (Å²) in [6.07, 6.45) is 5.02. The summed E-state index contributed by atoms with van der Waals surface area (Å²) >= 11 is 0. The fraction of sp³-hybridized carbons (Fsp3) is 0.320. The SMILES string of the molecule is COc1ccc(C(=O)/C=C/c2cn(C[C@@H](O)C[NH+]3CCOCC3)c3ccccc23)cc1. The molecule has 6 nitrogen and oxygen atoms in total. The quantitative estimate of drug-likeness (QED) is 0.430. The molecule has 1 saturated heterocycles. The largest absolute Gasteiger partial charge is 0.497 e. The maximum atomic E-state index is 12.6. The summed E-state index contributed by atoms with van der Waals surface area (Å²) in [5.41, 5.74) is 2.63. The van der Waals surface area contributed by atoms with Crippen molar-refractivity contribution in [2.45, 2.75) is 12.6 Å². The molecule has 0 aliphatic carbocycles. The van der Waals surface area contributed by atoms with Gasteiger partial charge in [0.2, 0.25) is 0 Å². The zero-order valence-electron chi connectivity index (χ0n) is 17.8. The smallest absolute Gasteiger partial charge is 0.185 e. The summed E-state index contributed by atoms with van der Waals surface area (Å²) in [5.74, 6) is 0.663. The molecule has 2 N–H and O–H groups in total. The topological polar surface area (TPSA) is 65.1 Å². The molecule has 0 spiro atoms. The second-order valence-corrected chi connectivity index (χ2v) is 7.90. The van der Waals surface area contributed by atoms with E-state index in [4.69, 9.17) is 9.47 Å². The Morgan fingerprint density at radius 1 is 1.19 bits per heavy atom. The number of allylic oxidation sites excluding steroid dienone is 1. The number of ketones is 1. The number of ether oxygens (including phenoxy) is 2. The molecule has 2 aromatic carbocycles. The number of carbonyl (C=O) groups is 1. The molecule has 0 unspecified atom stereocenters. The first-order valence-corrected chi connectivity index (χ1v) is 10.7. The zero-order valence-corrected chi connectivity index (χ0v) is 17.8. The second kappa shape index (κ2) is 9.92. The van der Waals surface area contributed by atoms with Gasteiger partial charge in [0.25, 0.3) is 0 Å². The maximum absolute atomic E-state index is 12.6. The lowest BCUT2D eigenvalue weighted by Gasteiger charge is -2.26. The van der Waals surface area contributed by atoms with Gasteiger partial charge in [-0.2, -0.15) is 0 Å². The molecule has 3 aromatic rings. The normalized spacial score (nSPS) is 16.1. The number of methoxy groups -OCH3 is 1. The number of hydrogen-bond acceptors (Lipinski definition) is 4. The van der Waals surface area contributed by atoms with E-state index < -0.39 is 6.10 Å². The van der Waals surface area contributed by atoms with Crippen molar-refractivity contribution >= 4 is 22.8 Å². The summed E-state index contributed by atoms with van der Waals surface area (Å²) in [5, 5.41) is 11.7. The minimum atomic E-state index is -0.443. The molecule has 1 atom stereocenters. The average molecular weight is 422 g/mol. The second-order valence-electron chi connectivity index (χ2n) is 7.90. The van der Waals surface area contributed by atoms with Gasteiger partial charge in [0, 0.05) is 28.2 Å². The molecule has 6 heteroatoms. The number of para-hydroxylation sites is 1. The Labute approximate surface area is 182 Å². The van der Waals surface area contributed by atoms with Crippen molar-refractivity contribution < 1.29 is 24.3 Å². The monoisotopic (exact) mass is 421 g/mol. The third kappa shape index (κ3) is 5.22. The highest BCUT2D eigenvalue weighted by atomic mass is 16.5. The minimum Gasteiger partial charge on any atom is -0.497 e. The number of benzene rings is 2. The molecule has 0 radical (unpaired) electrons. The third-order valence-electron chi connectivity index (χ3n) is 5.74. The van der Waals surface area contributed by atoms with Crippen LogP contribution in [0.25, 0.3) is 17.0 Å². The van der Waals surface area contributed by atoms with Gasteiger partial charge < -0.3 is 24.0 Å². The average Bonchev–Trinajstić information content (AvgIpc) is 3.15. The third-order valence-corrected chi connectivity index (χ3v) is 5.74. The van der Waals surface area contributed by atoms with Crippen LogP contribution >= 0.6 is 0 Å². The number of morpholine rings is 1. The van der Waals surface area contributed by atoms with E-state index >= 15 is 0 Å². The lowest BCUT2D eigenvalue weighted by molar-refractivity contribution is -0.911. The number of nitrogens with one attached hydrogen (secondary N) is 1. The minimum absolute atomic E-state index is 0.0598. The summed E-state index contributed by atoms with van der Waals surface area (Å²) < 4.78 is 12.6. The Morgan fingerprint density at radius 2 is 1.94 bits per heavy atom. The van der Waals surface area contributed by atoms with Crippen LogP contribution in [0.5, 0.6) is 5.75 Å². The molecule has 31 heavy (non-hydrogen) atoms. The number of carbonyl (C=O) groups excluding carboxylic acids is 1. The van der Waals surface area contributed by atoms with E-state index in [1.54, 1.807) is 37.5 Å². The van der Waals surface area contributed by atoms with Crippen molar-refractivity contribution in [3.05, 3.63) is 71.9 Å². The fourth-order valence-corrected chi connectivity index (χ4v) is 4.07. The van der Waals surface area contributed by atoms with Gasteiger partial charge in [0.15, 0.2) is 5.78 Å². The van der Waals surface area contributed by atoms with E-state index in [1.807, 2.05) is 36.5 Å². The molecule has 162 valence electrons. The summed E-state index contributed by atoms with van der Waals surface area (Å²) in [7, 11) is 1.60. The molecule has 2 heterocycles. The highest BCUT2D eigenvalue weighted by Crippen LogP contribution is 2.23. The van der Waals surface area contributed by atoms with Crippen LogP contribution in [0.4, 0.5) is 0 Å². The molecule has 0 saturated carbocycles. The number of aliphatic hydroxyl groups is 1. The Balaban J connectivity index is 1.50. The number of fused-ring (bicyclic) bond motifs is 1. The van der Waals surface area contributed by atoms with Gasteiger partial charge in [0.05, 0.1) is 26.9 Å². The number of hydrogen-bond donors (Lipinski definition) is 2. The standard InChI is InChI=1S/C25H28N2O4/c1-30-22-9-6-19(7-10-22)25(29)11-8-20-16-27(24-5-3-2-4-23(20)24)18-21(28)17-26-12-14-31-15-13-26/h2-11,16,21,28H,12-15,17-18H2,1H3/p+1/b11-8+/t21-/m0/s1. The first-order valence-electron chi connectivity index (χ1n) is 10.7. The molecular weight excluding hydrogens is 392 g/mol. The van der Waals surface area contributed by atoms with E-state index in [2.05, 4.69) is 4.57 Å². The maximum Gasteiger partial charge on any atom is 0.185 e. The number of rotatable bonds is 8. The van der Waals surface area contributed by atoms with Gasteiger partial charge in [-0.05, 0) is 42.5 Å². The van der Waals surface area contributed by atoms with Crippen molar-refractivity contribution in [3.63, 3.8) is 0 Å². The predicted octanol–water partition coefficient (Wildman–Crippen LogP) is 1.82. The van der Waals surface area contributed by atoms with Crippen LogP contribution in [0.1, 0.15) is 15.9 Å². The predicted molar refractivity (Wildman–Crippen MR) is 121 cm³/mol. The van der Waals surface area contributed by atoms with Gasteiger partial charge >= 0.3 is 0 Å². The molecular formula is C25H29N2O4+. The van der Waals surface area contributed by atoms with Gasteiger partial charge in [-0.1, -0.05) is 18.2 Å². The van der Waals surface area contributed by atoms with Gasteiger partial charge in [-0.3, -0.25) is 4.79 Å². The fourth-order valence-electron chi connectivity index (χ4n) is 4.07. The van der Waals surface area contributed by atoms with E-state index in [0.717, 1.165) is 48.5 Å². The first-order chi connectivity index (χ1) is 15.1. The molecule has 1 aromatic heterocycles. The first kappa shape index (κ1) is 21.3. The molecule has 4 rings (SSSR count). The molecule has 1 fully saturated rings. The Hall–Kier alpha value is -2.93. The van der Waals surface area contributed by atoms with Crippen LogP contribution < -0.4 is 9.64 Å². The highest BCUT2D eigenvalue weighted by Gasteiger charge is 2.19. The van der Waals surface area contributed by atoms with Crippen molar-refractivity contribution in [3.8, 4) is 5.75 Å². The summed E-state index contributed by atoms with van der Waals surface area (Å²) in [6, 6.07) is 15.2. The van der Waals surface area contributed by atoms with E-state index in [9.17, 15) is 9.90 Å². The summed E-state index contributed by atoms with van der Waals surface area (Å²) in [6.45, 7) is 4.61. The lowest BCUT2D eigenvalue weighted by Crippen LogP contribution is -3.15. The van der Waals surface area contributed by atoms with E-state index in [1.165, 1.54) is 4.90 Å². The van der Waals surface area contributed by atoms with E-state index in [0.29, 0.717) is 18.7 Å². The van der Waals surface area contributed by atoms with Crippen LogP contribution in [0.2, 0.25) is 0 Å². The molecule has 1 aliphatic heterocycles. The molecule has 0 bridgehead atoms. The van der Waals surface area contributed by atoms with Crippen LogP contribution in [0.3, 0.4) is 0 Å². The van der Waals surface area contributed by atoms with Crippen molar-refractivity contribution in [1.29, 1.82) is 0 Å². The van der Waals surface area contributed by atoms with Gasteiger partial charge in [-0.25, -0.2) is 0 Å². The van der Waals surface area contributed by atoms with Gasteiger partial charge in [0.1, 0.15) is 31.5 Å². The van der Waals surface area contributed by atoms with Crippen LogP contribution in [-0.2, 0) is 11.3 Å². The molecule has 0 amide bonds. The van der Waals surface area contributed by atoms with Crippen LogP contribution in [0.15, 0.2) is 60.8 Å². The molecule has 1 aliphatic rings. The van der Waals surface area contributed by atoms with Crippen LogP contribution in [-0.4, -0.2) is 61.5 Å². The highest BCUT2D eigenvalue weighted by molar-refractivity contribution is 6.07.